The van der Waals surface area contributed by atoms with E-state index in [4.69, 9.17) is 9.15 Å². The van der Waals surface area contributed by atoms with Gasteiger partial charge in [0.15, 0.2) is 0 Å². The van der Waals surface area contributed by atoms with Crippen molar-refractivity contribution in [2.24, 2.45) is 0 Å². The van der Waals surface area contributed by atoms with Crippen molar-refractivity contribution in [2.45, 2.75) is 12.5 Å². The van der Waals surface area contributed by atoms with Crippen LogP contribution < -0.4 is 15.5 Å². The summed E-state index contributed by atoms with van der Waals surface area (Å²) < 4.78 is 10.5. The fourth-order valence-corrected chi connectivity index (χ4v) is 2.81. The van der Waals surface area contributed by atoms with E-state index in [9.17, 15) is 9.59 Å². The number of benzene rings is 1. The van der Waals surface area contributed by atoms with Gasteiger partial charge in [-0.15, -0.1) is 0 Å². The number of furan rings is 1. The first kappa shape index (κ1) is 17.0. The highest BCUT2D eigenvalue weighted by Gasteiger charge is 2.21. The second-order valence-electron chi connectivity index (χ2n) is 5.95. The number of fused-ring (bicyclic) bond motifs is 1. The number of hydrogen-bond donors (Lipinski definition) is 2. The molecular formula is C18H21N3O4. The Morgan fingerprint density at radius 2 is 2.28 bits per heavy atom. The van der Waals surface area contributed by atoms with E-state index in [0.29, 0.717) is 36.6 Å². The summed E-state index contributed by atoms with van der Waals surface area (Å²) in [6, 6.07) is 8.44. The second kappa shape index (κ2) is 7.40. The number of nitrogens with one attached hydrogen (secondary N) is 2. The molecule has 2 aromatic rings. The number of hydrogen-bond acceptors (Lipinski definition) is 5. The summed E-state index contributed by atoms with van der Waals surface area (Å²) in [4.78, 5) is 26.4. The molecule has 1 aromatic heterocycles. The number of amides is 2. The van der Waals surface area contributed by atoms with Gasteiger partial charge >= 0.3 is 0 Å². The number of anilines is 2. The SMILES string of the molecule is COCC(NC(=O)c1ccc2c(c1)NC(=O)CCN2C)c1ccco1. The molecule has 0 saturated heterocycles. The predicted molar refractivity (Wildman–Crippen MR) is 93.7 cm³/mol. The van der Waals surface area contributed by atoms with Crippen LogP contribution in [0.15, 0.2) is 41.0 Å². The Bertz CT molecular complexity index is 758. The third-order valence-corrected chi connectivity index (χ3v) is 4.14. The average Bonchev–Trinajstić information content (AvgIpc) is 3.09. The molecule has 0 radical (unpaired) electrons. The molecule has 25 heavy (non-hydrogen) atoms. The highest BCUT2D eigenvalue weighted by molar-refractivity contribution is 6.01. The Labute approximate surface area is 145 Å². The maximum Gasteiger partial charge on any atom is 0.252 e. The highest BCUT2D eigenvalue weighted by Crippen LogP contribution is 2.29. The molecule has 1 atom stereocenters. The van der Waals surface area contributed by atoms with Crippen molar-refractivity contribution >= 4 is 23.2 Å². The van der Waals surface area contributed by atoms with Crippen LogP contribution in [0.1, 0.15) is 28.6 Å². The average molecular weight is 343 g/mol. The summed E-state index contributed by atoms with van der Waals surface area (Å²) >= 11 is 0. The summed E-state index contributed by atoms with van der Waals surface area (Å²) in [6.45, 7) is 0.933. The van der Waals surface area contributed by atoms with Gasteiger partial charge in [0.2, 0.25) is 5.91 Å². The zero-order chi connectivity index (χ0) is 17.8. The van der Waals surface area contributed by atoms with Crippen molar-refractivity contribution in [1.29, 1.82) is 0 Å². The van der Waals surface area contributed by atoms with Gasteiger partial charge in [0, 0.05) is 32.7 Å². The third kappa shape index (κ3) is 3.83. The highest BCUT2D eigenvalue weighted by atomic mass is 16.5. The topological polar surface area (TPSA) is 83.8 Å². The van der Waals surface area contributed by atoms with E-state index in [2.05, 4.69) is 10.6 Å². The zero-order valence-corrected chi connectivity index (χ0v) is 14.2. The van der Waals surface area contributed by atoms with Crippen LogP contribution in [0, 0.1) is 0 Å². The number of ether oxygens (including phenoxy) is 1. The lowest BCUT2D eigenvalue weighted by Gasteiger charge is -2.20. The quantitative estimate of drug-likeness (QED) is 0.869. The molecule has 3 rings (SSSR count). The van der Waals surface area contributed by atoms with Gasteiger partial charge in [0.25, 0.3) is 5.91 Å². The van der Waals surface area contributed by atoms with Gasteiger partial charge in [-0.25, -0.2) is 0 Å². The Hall–Kier alpha value is -2.80. The summed E-state index contributed by atoms with van der Waals surface area (Å²) in [7, 11) is 3.49. The lowest BCUT2D eigenvalue weighted by molar-refractivity contribution is -0.115. The monoisotopic (exact) mass is 343 g/mol. The van der Waals surface area contributed by atoms with Gasteiger partial charge in [-0.2, -0.15) is 0 Å². The van der Waals surface area contributed by atoms with Crippen LogP contribution in [0.5, 0.6) is 0 Å². The molecule has 2 N–H and O–H groups in total. The Morgan fingerprint density at radius 1 is 1.44 bits per heavy atom. The van der Waals surface area contributed by atoms with Gasteiger partial charge in [-0.1, -0.05) is 0 Å². The number of rotatable bonds is 5. The van der Waals surface area contributed by atoms with Crippen LogP contribution in [0.4, 0.5) is 11.4 Å². The normalized spacial score (nSPS) is 15.1. The van der Waals surface area contributed by atoms with Crippen LogP contribution in [0.3, 0.4) is 0 Å². The van der Waals surface area contributed by atoms with E-state index in [0.717, 1.165) is 5.69 Å². The van der Waals surface area contributed by atoms with Gasteiger partial charge < -0.3 is 24.7 Å². The molecule has 7 heteroatoms. The van der Waals surface area contributed by atoms with Gasteiger partial charge in [0.1, 0.15) is 11.8 Å². The zero-order valence-electron chi connectivity index (χ0n) is 14.2. The molecule has 0 aliphatic carbocycles. The first-order chi connectivity index (χ1) is 12.1. The molecule has 2 amide bonds. The maximum absolute atomic E-state index is 12.6. The van der Waals surface area contributed by atoms with Crippen LogP contribution in [-0.2, 0) is 9.53 Å². The molecule has 132 valence electrons. The van der Waals surface area contributed by atoms with Crippen molar-refractivity contribution in [1.82, 2.24) is 5.32 Å². The molecule has 1 aliphatic heterocycles. The molecule has 1 aliphatic rings. The predicted octanol–water partition coefficient (Wildman–Crippen LogP) is 2.18. The molecule has 1 unspecified atom stereocenters. The molecule has 0 saturated carbocycles. The smallest absolute Gasteiger partial charge is 0.252 e. The van der Waals surface area contributed by atoms with Gasteiger partial charge in [-0.3, -0.25) is 9.59 Å². The lowest BCUT2D eigenvalue weighted by atomic mass is 10.1. The maximum atomic E-state index is 12.6. The van der Waals surface area contributed by atoms with E-state index >= 15 is 0 Å². The Balaban J connectivity index is 1.81. The Kier molecular flexibility index (Phi) is 5.04. The first-order valence-corrected chi connectivity index (χ1v) is 8.06. The van der Waals surface area contributed by atoms with E-state index in [1.54, 1.807) is 37.6 Å². The number of methoxy groups -OCH3 is 1. The van der Waals surface area contributed by atoms with Gasteiger partial charge in [-0.05, 0) is 30.3 Å². The first-order valence-electron chi connectivity index (χ1n) is 8.06. The summed E-state index contributed by atoms with van der Waals surface area (Å²) in [5.74, 6) is 0.302. The number of carbonyl (C=O) groups is 2. The molecule has 0 spiro atoms. The van der Waals surface area contributed by atoms with E-state index in [-0.39, 0.29) is 17.9 Å². The molecule has 1 aromatic carbocycles. The molecule has 7 nitrogen and oxygen atoms in total. The van der Waals surface area contributed by atoms with E-state index in [1.165, 1.54) is 0 Å². The second-order valence-corrected chi connectivity index (χ2v) is 5.95. The summed E-state index contributed by atoms with van der Waals surface area (Å²) in [5, 5.41) is 5.75. The minimum Gasteiger partial charge on any atom is -0.467 e. The molecule has 2 heterocycles. The number of carbonyl (C=O) groups excluding carboxylic acids is 2. The van der Waals surface area contributed by atoms with Crippen LogP contribution in [-0.4, -0.2) is 39.1 Å². The largest absolute Gasteiger partial charge is 0.467 e. The van der Waals surface area contributed by atoms with Crippen molar-refractivity contribution in [2.75, 3.05) is 37.5 Å². The molecular weight excluding hydrogens is 322 g/mol. The van der Waals surface area contributed by atoms with Crippen molar-refractivity contribution in [3.8, 4) is 0 Å². The van der Waals surface area contributed by atoms with Crippen molar-refractivity contribution in [3.63, 3.8) is 0 Å². The summed E-state index contributed by atoms with van der Waals surface area (Å²) in [6.07, 6.45) is 1.97. The van der Waals surface area contributed by atoms with Crippen LogP contribution in [0.25, 0.3) is 0 Å². The van der Waals surface area contributed by atoms with E-state index in [1.807, 2.05) is 18.0 Å². The van der Waals surface area contributed by atoms with Crippen LogP contribution >= 0.6 is 0 Å². The fourth-order valence-electron chi connectivity index (χ4n) is 2.81. The van der Waals surface area contributed by atoms with E-state index < -0.39 is 0 Å². The molecule has 0 fully saturated rings. The standard InChI is InChI=1S/C18H21N3O4/c1-21-8-7-17(22)19-13-10-12(5-6-15(13)21)18(23)20-14(11-24-2)16-4-3-9-25-16/h3-6,9-10,14H,7-8,11H2,1-2H3,(H,19,22)(H,20,23). The third-order valence-electron chi connectivity index (χ3n) is 4.14. The molecule has 0 bridgehead atoms. The minimum atomic E-state index is -0.386. The summed E-state index contributed by atoms with van der Waals surface area (Å²) in [5.41, 5.74) is 1.99. The van der Waals surface area contributed by atoms with Gasteiger partial charge in [0.05, 0.1) is 24.2 Å². The minimum absolute atomic E-state index is 0.0593. The van der Waals surface area contributed by atoms with Crippen molar-refractivity contribution < 1.29 is 18.7 Å². The lowest BCUT2D eigenvalue weighted by Crippen LogP contribution is -2.31. The number of nitrogens with zero attached hydrogens (tertiary/aromatic N) is 1. The van der Waals surface area contributed by atoms with Crippen molar-refractivity contribution in [3.05, 3.63) is 47.9 Å². The fraction of sp³-hybridized carbons (Fsp3) is 0.333. The Morgan fingerprint density at radius 3 is 3.00 bits per heavy atom. The van der Waals surface area contributed by atoms with Crippen LogP contribution in [0.2, 0.25) is 0 Å².